The SMILES string of the molecule is CC(=O)CC1CCCN1C(=O)CCc1ccccc1C. The zero-order chi connectivity index (χ0) is 14.5. The molecule has 1 aliphatic rings. The minimum Gasteiger partial charge on any atom is -0.339 e. The highest BCUT2D eigenvalue weighted by molar-refractivity contribution is 5.80. The van der Waals surface area contributed by atoms with E-state index >= 15 is 0 Å². The van der Waals surface area contributed by atoms with Crippen molar-refractivity contribution in [3.8, 4) is 0 Å². The Morgan fingerprint density at radius 3 is 2.75 bits per heavy atom. The number of benzene rings is 1. The topological polar surface area (TPSA) is 37.4 Å². The largest absolute Gasteiger partial charge is 0.339 e. The smallest absolute Gasteiger partial charge is 0.223 e. The van der Waals surface area contributed by atoms with E-state index in [1.807, 2.05) is 17.0 Å². The Bertz CT molecular complexity index is 496. The Morgan fingerprint density at radius 1 is 1.30 bits per heavy atom. The van der Waals surface area contributed by atoms with Crippen molar-refractivity contribution >= 4 is 11.7 Å². The highest BCUT2D eigenvalue weighted by Crippen LogP contribution is 2.22. The van der Waals surface area contributed by atoms with Gasteiger partial charge in [-0.05, 0) is 44.2 Å². The van der Waals surface area contributed by atoms with Gasteiger partial charge in [-0.3, -0.25) is 9.59 Å². The highest BCUT2D eigenvalue weighted by atomic mass is 16.2. The van der Waals surface area contributed by atoms with E-state index in [9.17, 15) is 9.59 Å². The Labute approximate surface area is 121 Å². The molecule has 1 amide bonds. The summed E-state index contributed by atoms with van der Waals surface area (Å²) in [4.78, 5) is 25.5. The van der Waals surface area contributed by atoms with E-state index in [4.69, 9.17) is 0 Å². The number of Topliss-reactive ketones (excluding diaryl/α,β-unsaturated/α-hetero) is 1. The summed E-state index contributed by atoms with van der Waals surface area (Å²) in [5, 5.41) is 0. The lowest BCUT2D eigenvalue weighted by Gasteiger charge is -2.24. The van der Waals surface area contributed by atoms with Crippen LogP contribution in [0.1, 0.15) is 43.7 Å². The molecule has 1 unspecified atom stereocenters. The van der Waals surface area contributed by atoms with Crippen LogP contribution < -0.4 is 0 Å². The van der Waals surface area contributed by atoms with Gasteiger partial charge in [-0.15, -0.1) is 0 Å². The summed E-state index contributed by atoms with van der Waals surface area (Å²) >= 11 is 0. The number of hydrogen-bond acceptors (Lipinski definition) is 2. The van der Waals surface area contributed by atoms with Crippen LogP contribution in [0.15, 0.2) is 24.3 Å². The molecule has 0 aromatic heterocycles. The van der Waals surface area contributed by atoms with Crippen molar-refractivity contribution in [1.82, 2.24) is 4.90 Å². The first-order valence-corrected chi connectivity index (χ1v) is 7.41. The van der Waals surface area contributed by atoms with Gasteiger partial charge >= 0.3 is 0 Å². The number of carbonyl (C=O) groups is 2. The third-order valence-electron chi connectivity index (χ3n) is 4.09. The normalized spacial score (nSPS) is 18.3. The molecule has 2 rings (SSSR count). The van der Waals surface area contributed by atoms with E-state index in [0.717, 1.165) is 25.8 Å². The van der Waals surface area contributed by atoms with E-state index in [1.165, 1.54) is 11.1 Å². The number of rotatable bonds is 5. The predicted octanol–water partition coefficient (Wildman–Crippen LogP) is 2.90. The molecule has 0 spiro atoms. The molecule has 0 saturated carbocycles. The molecular formula is C17H23NO2. The fraction of sp³-hybridized carbons (Fsp3) is 0.529. The second-order valence-corrected chi connectivity index (χ2v) is 5.72. The second kappa shape index (κ2) is 6.69. The summed E-state index contributed by atoms with van der Waals surface area (Å²) in [6.07, 6.45) is 3.83. The van der Waals surface area contributed by atoms with Crippen molar-refractivity contribution in [3.05, 3.63) is 35.4 Å². The van der Waals surface area contributed by atoms with Crippen LogP contribution in [-0.2, 0) is 16.0 Å². The Morgan fingerprint density at radius 2 is 2.05 bits per heavy atom. The first-order chi connectivity index (χ1) is 9.58. The summed E-state index contributed by atoms with van der Waals surface area (Å²) in [7, 11) is 0. The van der Waals surface area contributed by atoms with Crippen molar-refractivity contribution in [2.45, 2.75) is 52.0 Å². The maximum absolute atomic E-state index is 12.3. The number of aryl methyl sites for hydroxylation is 2. The molecule has 1 heterocycles. The number of likely N-dealkylation sites (tertiary alicyclic amines) is 1. The molecule has 0 N–H and O–H groups in total. The Kier molecular flexibility index (Phi) is 4.94. The molecule has 3 heteroatoms. The summed E-state index contributed by atoms with van der Waals surface area (Å²) in [6, 6.07) is 8.33. The predicted molar refractivity (Wildman–Crippen MR) is 79.5 cm³/mol. The lowest BCUT2D eigenvalue weighted by molar-refractivity contribution is -0.132. The molecular weight excluding hydrogens is 250 g/mol. The highest BCUT2D eigenvalue weighted by Gasteiger charge is 2.28. The monoisotopic (exact) mass is 273 g/mol. The molecule has 3 nitrogen and oxygen atoms in total. The van der Waals surface area contributed by atoms with Crippen LogP contribution in [0.2, 0.25) is 0 Å². The number of ketones is 1. The summed E-state index contributed by atoms with van der Waals surface area (Å²) in [5.74, 6) is 0.366. The van der Waals surface area contributed by atoms with Gasteiger partial charge in [0.1, 0.15) is 5.78 Å². The van der Waals surface area contributed by atoms with Gasteiger partial charge in [-0.2, -0.15) is 0 Å². The molecule has 0 radical (unpaired) electrons. The van der Waals surface area contributed by atoms with Gasteiger partial charge < -0.3 is 4.90 Å². The van der Waals surface area contributed by atoms with Crippen LogP contribution in [0.25, 0.3) is 0 Å². The first kappa shape index (κ1) is 14.8. The van der Waals surface area contributed by atoms with Crippen molar-refractivity contribution in [2.24, 2.45) is 0 Å². The molecule has 108 valence electrons. The number of carbonyl (C=O) groups excluding carboxylic acids is 2. The zero-order valence-electron chi connectivity index (χ0n) is 12.4. The molecule has 1 saturated heterocycles. The van der Waals surface area contributed by atoms with E-state index in [0.29, 0.717) is 12.8 Å². The van der Waals surface area contributed by atoms with Gasteiger partial charge in [-0.25, -0.2) is 0 Å². The average molecular weight is 273 g/mol. The number of hydrogen-bond donors (Lipinski definition) is 0. The maximum Gasteiger partial charge on any atom is 0.223 e. The van der Waals surface area contributed by atoms with E-state index in [2.05, 4.69) is 19.1 Å². The molecule has 1 fully saturated rings. The number of nitrogens with zero attached hydrogens (tertiary/aromatic N) is 1. The lowest BCUT2D eigenvalue weighted by atomic mass is 10.0. The molecule has 20 heavy (non-hydrogen) atoms. The number of amides is 1. The molecule has 1 aromatic rings. The fourth-order valence-corrected chi connectivity index (χ4v) is 2.98. The third-order valence-corrected chi connectivity index (χ3v) is 4.09. The minimum absolute atomic E-state index is 0.136. The average Bonchev–Trinajstić information content (AvgIpc) is 2.85. The maximum atomic E-state index is 12.3. The fourth-order valence-electron chi connectivity index (χ4n) is 2.98. The molecule has 0 aliphatic carbocycles. The quantitative estimate of drug-likeness (QED) is 0.827. The van der Waals surface area contributed by atoms with Gasteiger partial charge in [0.15, 0.2) is 0 Å². The van der Waals surface area contributed by atoms with E-state index < -0.39 is 0 Å². The van der Waals surface area contributed by atoms with Crippen molar-refractivity contribution in [3.63, 3.8) is 0 Å². The van der Waals surface area contributed by atoms with Gasteiger partial charge in [0.2, 0.25) is 5.91 Å². The summed E-state index contributed by atoms with van der Waals surface area (Å²) in [6.45, 7) is 4.49. The van der Waals surface area contributed by atoms with E-state index in [-0.39, 0.29) is 17.7 Å². The van der Waals surface area contributed by atoms with Crippen LogP contribution >= 0.6 is 0 Å². The van der Waals surface area contributed by atoms with Gasteiger partial charge in [0.25, 0.3) is 0 Å². The van der Waals surface area contributed by atoms with Gasteiger partial charge in [-0.1, -0.05) is 24.3 Å². The van der Waals surface area contributed by atoms with Crippen LogP contribution in [0, 0.1) is 6.92 Å². The minimum atomic E-state index is 0.136. The Hall–Kier alpha value is -1.64. The van der Waals surface area contributed by atoms with E-state index in [1.54, 1.807) is 6.92 Å². The Balaban J connectivity index is 1.91. The van der Waals surface area contributed by atoms with Crippen LogP contribution in [0.3, 0.4) is 0 Å². The first-order valence-electron chi connectivity index (χ1n) is 7.41. The molecule has 1 aromatic carbocycles. The standard InChI is InChI=1S/C17H23NO2/c1-13-6-3-4-7-15(13)9-10-17(20)18-11-5-8-16(18)12-14(2)19/h3-4,6-7,16H,5,8-12H2,1-2H3. The molecule has 1 aliphatic heterocycles. The van der Waals surface area contributed by atoms with Gasteiger partial charge in [0.05, 0.1) is 0 Å². The van der Waals surface area contributed by atoms with Gasteiger partial charge in [0, 0.05) is 25.4 Å². The van der Waals surface area contributed by atoms with Crippen LogP contribution in [-0.4, -0.2) is 29.2 Å². The van der Waals surface area contributed by atoms with Crippen molar-refractivity contribution in [2.75, 3.05) is 6.54 Å². The summed E-state index contributed by atoms with van der Waals surface area (Å²) in [5.41, 5.74) is 2.48. The van der Waals surface area contributed by atoms with Crippen LogP contribution in [0.4, 0.5) is 0 Å². The van der Waals surface area contributed by atoms with Crippen molar-refractivity contribution in [1.29, 1.82) is 0 Å². The third kappa shape index (κ3) is 3.69. The van der Waals surface area contributed by atoms with Crippen molar-refractivity contribution < 1.29 is 9.59 Å². The zero-order valence-corrected chi connectivity index (χ0v) is 12.4. The lowest BCUT2D eigenvalue weighted by Crippen LogP contribution is -2.36. The van der Waals surface area contributed by atoms with Crippen LogP contribution in [0.5, 0.6) is 0 Å². The summed E-state index contributed by atoms with van der Waals surface area (Å²) < 4.78 is 0. The molecule has 1 atom stereocenters. The second-order valence-electron chi connectivity index (χ2n) is 5.72. The molecule has 0 bridgehead atoms.